The zero-order valence-corrected chi connectivity index (χ0v) is 11.9. The van der Waals surface area contributed by atoms with Crippen LogP contribution in [0.2, 0.25) is 0 Å². The molecule has 0 saturated carbocycles. The number of rotatable bonds is 3. The first kappa shape index (κ1) is 11.7. The lowest BCUT2D eigenvalue weighted by Crippen LogP contribution is -1.93. The quantitative estimate of drug-likeness (QED) is 0.701. The molecule has 1 aromatic carbocycles. The second-order valence-corrected chi connectivity index (χ2v) is 6.41. The van der Waals surface area contributed by atoms with Gasteiger partial charge in [0.05, 0.1) is 15.5 Å². The highest BCUT2D eigenvalue weighted by atomic mass is 79.9. The standard InChI is InChI=1S/C14H10BrNOS/c15-14-6-5-12(18-14)9-17-11-7-10-3-1-2-4-13(10)16-8-11/h1-8H,9H2. The summed E-state index contributed by atoms with van der Waals surface area (Å²) in [6.07, 6.45) is 1.77. The van der Waals surface area contributed by atoms with Crippen molar-refractivity contribution in [1.82, 2.24) is 4.98 Å². The summed E-state index contributed by atoms with van der Waals surface area (Å²) in [5.41, 5.74) is 0.990. The van der Waals surface area contributed by atoms with Crippen LogP contribution >= 0.6 is 27.3 Å². The van der Waals surface area contributed by atoms with Gasteiger partial charge in [-0.05, 0) is 40.2 Å². The molecule has 0 fully saturated rings. The van der Waals surface area contributed by atoms with Gasteiger partial charge in [0.25, 0.3) is 0 Å². The number of fused-ring (bicyclic) bond motifs is 1. The fourth-order valence-electron chi connectivity index (χ4n) is 1.71. The van der Waals surface area contributed by atoms with Crippen molar-refractivity contribution in [2.45, 2.75) is 6.61 Å². The molecule has 3 aromatic rings. The molecule has 0 spiro atoms. The minimum atomic E-state index is 0.580. The van der Waals surface area contributed by atoms with Crippen LogP contribution in [0.4, 0.5) is 0 Å². The molecule has 2 heterocycles. The Labute approximate surface area is 117 Å². The van der Waals surface area contributed by atoms with Gasteiger partial charge in [-0.1, -0.05) is 18.2 Å². The third-order valence-electron chi connectivity index (χ3n) is 2.58. The Morgan fingerprint density at radius 1 is 1.17 bits per heavy atom. The van der Waals surface area contributed by atoms with E-state index in [2.05, 4.69) is 27.0 Å². The van der Waals surface area contributed by atoms with E-state index in [9.17, 15) is 0 Å². The van der Waals surface area contributed by atoms with Gasteiger partial charge in [-0.2, -0.15) is 0 Å². The topological polar surface area (TPSA) is 22.1 Å². The summed E-state index contributed by atoms with van der Waals surface area (Å²) >= 11 is 5.12. The molecule has 0 aliphatic heterocycles. The molecule has 90 valence electrons. The van der Waals surface area contributed by atoms with Crippen LogP contribution in [0.25, 0.3) is 10.9 Å². The van der Waals surface area contributed by atoms with Crippen LogP contribution in [0.15, 0.2) is 52.4 Å². The average molecular weight is 320 g/mol. The van der Waals surface area contributed by atoms with E-state index in [4.69, 9.17) is 4.74 Å². The van der Waals surface area contributed by atoms with Crippen molar-refractivity contribution in [3.8, 4) is 5.75 Å². The third kappa shape index (κ3) is 2.54. The van der Waals surface area contributed by atoms with E-state index in [-0.39, 0.29) is 0 Å². The first-order valence-corrected chi connectivity index (χ1v) is 7.14. The van der Waals surface area contributed by atoms with Gasteiger partial charge in [0, 0.05) is 10.3 Å². The number of pyridine rings is 1. The van der Waals surface area contributed by atoms with Gasteiger partial charge in [-0.25, -0.2) is 0 Å². The van der Waals surface area contributed by atoms with E-state index < -0.39 is 0 Å². The Hall–Kier alpha value is -1.39. The predicted octanol–water partition coefficient (Wildman–Crippen LogP) is 4.64. The Morgan fingerprint density at radius 3 is 2.89 bits per heavy atom. The molecule has 0 aliphatic rings. The molecule has 0 bridgehead atoms. The van der Waals surface area contributed by atoms with Crippen molar-refractivity contribution in [1.29, 1.82) is 0 Å². The summed E-state index contributed by atoms with van der Waals surface area (Å²) in [5.74, 6) is 0.804. The molecule has 0 atom stereocenters. The lowest BCUT2D eigenvalue weighted by Gasteiger charge is -2.05. The molecule has 0 N–H and O–H groups in total. The van der Waals surface area contributed by atoms with Crippen LogP contribution in [0, 0.1) is 0 Å². The number of hydrogen-bond donors (Lipinski definition) is 0. The maximum absolute atomic E-state index is 5.74. The van der Waals surface area contributed by atoms with Gasteiger partial charge in [0.15, 0.2) is 0 Å². The lowest BCUT2D eigenvalue weighted by atomic mass is 10.2. The largest absolute Gasteiger partial charge is 0.486 e. The minimum Gasteiger partial charge on any atom is -0.486 e. The van der Waals surface area contributed by atoms with Gasteiger partial charge in [-0.15, -0.1) is 11.3 Å². The molecule has 0 aliphatic carbocycles. The maximum atomic E-state index is 5.74. The Morgan fingerprint density at radius 2 is 2.06 bits per heavy atom. The summed E-state index contributed by atoms with van der Waals surface area (Å²) in [4.78, 5) is 5.56. The molecule has 0 saturated heterocycles. The Bertz CT molecular complexity index is 680. The van der Waals surface area contributed by atoms with Gasteiger partial charge in [0.1, 0.15) is 12.4 Å². The normalized spacial score (nSPS) is 10.7. The van der Waals surface area contributed by atoms with Crippen LogP contribution in [0.5, 0.6) is 5.75 Å². The highest BCUT2D eigenvalue weighted by Crippen LogP contribution is 2.24. The number of aromatic nitrogens is 1. The number of nitrogens with zero attached hydrogens (tertiary/aromatic N) is 1. The fraction of sp³-hybridized carbons (Fsp3) is 0.0714. The molecule has 4 heteroatoms. The SMILES string of the molecule is Brc1ccc(COc2cnc3ccccc3c2)s1. The highest BCUT2D eigenvalue weighted by Gasteiger charge is 2.01. The summed E-state index contributed by atoms with van der Waals surface area (Å²) in [6.45, 7) is 0.580. The number of benzene rings is 1. The molecule has 18 heavy (non-hydrogen) atoms. The van der Waals surface area contributed by atoms with Crippen molar-refractivity contribution >= 4 is 38.2 Å². The second-order valence-electron chi connectivity index (χ2n) is 3.86. The molecule has 2 nitrogen and oxygen atoms in total. The molecule has 0 radical (unpaired) electrons. The smallest absolute Gasteiger partial charge is 0.138 e. The number of hydrogen-bond acceptors (Lipinski definition) is 3. The van der Waals surface area contributed by atoms with Crippen molar-refractivity contribution in [2.24, 2.45) is 0 Å². The van der Waals surface area contributed by atoms with E-state index in [1.54, 1.807) is 17.5 Å². The van der Waals surface area contributed by atoms with E-state index in [1.165, 1.54) is 4.88 Å². The van der Waals surface area contributed by atoms with Gasteiger partial charge < -0.3 is 4.74 Å². The van der Waals surface area contributed by atoms with Crippen LogP contribution in [-0.4, -0.2) is 4.98 Å². The number of thiophene rings is 1. The summed E-state index contributed by atoms with van der Waals surface area (Å²) in [6, 6.07) is 14.1. The molecular weight excluding hydrogens is 310 g/mol. The molecule has 0 unspecified atom stereocenters. The highest BCUT2D eigenvalue weighted by molar-refractivity contribution is 9.11. The van der Waals surface area contributed by atoms with Crippen molar-refractivity contribution in [3.05, 3.63) is 57.3 Å². The summed E-state index contributed by atoms with van der Waals surface area (Å²) in [5, 5.41) is 1.10. The van der Waals surface area contributed by atoms with Crippen LogP contribution < -0.4 is 4.74 Å². The van der Waals surface area contributed by atoms with Gasteiger partial charge in [-0.3, -0.25) is 4.98 Å². The molecule has 2 aromatic heterocycles. The number of ether oxygens (including phenoxy) is 1. The maximum Gasteiger partial charge on any atom is 0.138 e. The van der Waals surface area contributed by atoms with Crippen LogP contribution in [0.3, 0.4) is 0 Å². The second kappa shape index (κ2) is 5.08. The minimum absolute atomic E-state index is 0.580. The van der Waals surface area contributed by atoms with Crippen molar-refractivity contribution < 1.29 is 4.74 Å². The third-order valence-corrected chi connectivity index (χ3v) is 4.17. The van der Waals surface area contributed by atoms with E-state index in [1.807, 2.05) is 36.4 Å². The zero-order valence-electron chi connectivity index (χ0n) is 9.47. The van der Waals surface area contributed by atoms with E-state index >= 15 is 0 Å². The Kier molecular flexibility index (Phi) is 3.30. The molecule has 3 rings (SSSR count). The average Bonchev–Trinajstić information content (AvgIpc) is 2.82. The van der Waals surface area contributed by atoms with Crippen molar-refractivity contribution in [3.63, 3.8) is 0 Å². The fourth-order valence-corrected chi connectivity index (χ4v) is 3.11. The lowest BCUT2D eigenvalue weighted by molar-refractivity contribution is 0.309. The number of para-hydroxylation sites is 1. The first-order chi connectivity index (χ1) is 8.81. The number of halogens is 1. The van der Waals surface area contributed by atoms with Crippen molar-refractivity contribution in [2.75, 3.05) is 0 Å². The first-order valence-electron chi connectivity index (χ1n) is 5.53. The Balaban J connectivity index is 1.78. The van der Waals surface area contributed by atoms with E-state index in [0.29, 0.717) is 6.61 Å². The molecule has 0 amide bonds. The van der Waals surface area contributed by atoms with Gasteiger partial charge >= 0.3 is 0 Å². The predicted molar refractivity (Wildman–Crippen MR) is 78.1 cm³/mol. The van der Waals surface area contributed by atoms with E-state index in [0.717, 1.165) is 20.4 Å². The van der Waals surface area contributed by atoms with Crippen LogP contribution in [-0.2, 0) is 6.61 Å². The van der Waals surface area contributed by atoms with Gasteiger partial charge in [0.2, 0.25) is 0 Å². The summed E-state index contributed by atoms with van der Waals surface area (Å²) < 4.78 is 6.86. The summed E-state index contributed by atoms with van der Waals surface area (Å²) in [7, 11) is 0. The zero-order chi connectivity index (χ0) is 12.4. The monoisotopic (exact) mass is 319 g/mol. The van der Waals surface area contributed by atoms with Crippen LogP contribution in [0.1, 0.15) is 4.88 Å². The molecular formula is C14H10BrNOS.